The van der Waals surface area contributed by atoms with E-state index in [1.54, 1.807) is 0 Å². The Morgan fingerprint density at radius 3 is 1.78 bits per heavy atom. The van der Waals surface area contributed by atoms with Crippen LogP contribution in [-0.2, 0) is 0 Å². The summed E-state index contributed by atoms with van der Waals surface area (Å²) in [7, 11) is 0. The summed E-state index contributed by atoms with van der Waals surface area (Å²) < 4.78 is 55.9. The van der Waals surface area contributed by atoms with Crippen molar-refractivity contribution in [2.24, 2.45) is 0 Å². The highest BCUT2D eigenvalue weighted by molar-refractivity contribution is 4.91. The number of hydrogen-bond acceptors (Lipinski definition) is 0. The predicted molar refractivity (Wildman–Crippen MR) is 21.2 cm³/mol. The Labute approximate surface area is 48.0 Å². The largest absolute Gasteiger partial charge is 0.328 e. The third-order valence-electron chi connectivity index (χ3n) is 0.576. The van der Waals surface area contributed by atoms with Crippen LogP contribution in [0.4, 0.5) is 22.0 Å². The summed E-state index contributed by atoms with van der Waals surface area (Å²) in [4.78, 5) is 0. The number of allylic oxidation sites excluding steroid dienone is 1. The van der Waals surface area contributed by atoms with Crippen LogP contribution in [0.15, 0.2) is 12.4 Å². The molecule has 0 saturated carbocycles. The summed E-state index contributed by atoms with van der Waals surface area (Å²) in [5, 5.41) is 0. The molecule has 54 valence electrons. The maximum atomic E-state index is 11.5. The van der Waals surface area contributed by atoms with E-state index < -0.39 is 24.8 Å². The van der Waals surface area contributed by atoms with Gasteiger partial charge in [0, 0.05) is 6.08 Å². The molecule has 0 heterocycles. The van der Waals surface area contributed by atoms with E-state index in [9.17, 15) is 22.0 Å². The average molecular weight is 146 g/mol. The first-order valence-corrected chi connectivity index (χ1v) is 1.94. The fourth-order valence-electron chi connectivity index (χ4n) is 0.157. The maximum Gasteiger partial charge on any atom is 0.328 e. The van der Waals surface area contributed by atoms with Gasteiger partial charge in [-0.2, -0.15) is 8.78 Å². The molecule has 0 atom stereocenters. The number of hydrogen-bond donors (Lipinski definition) is 0. The van der Waals surface area contributed by atoms with Crippen LogP contribution in [0, 0.1) is 0 Å². The molecule has 0 radical (unpaired) electrons. The summed E-state index contributed by atoms with van der Waals surface area (Å²) in [6.07, 6.45) is -4.94. The molecule has 0 rings (SSSR count). The Kier molecular flexibility index (Phi) is 2.61. The van der Waals surface area contributed by atoms with Crippen molar-refractivity contribution in [2.75, 3.05) is 0 Å². The fourth-order valence-corrected chi connectivity index (χ4v) is 0.157. The Morgan fingerprint density at radius 1 is 1.22 bits per heavy atom. The molecule has 0 aliphatic rings. The molecule has 0 aromatic heterocycles. The molecule has 0 aromatic rings. The van der Waals surface area contributed by atoms with Crippen LogP contribution in [0.1, 0.15) is 0 Å². The van der Waals surface area contributed by atoms with Gasteiger partial charge < -0.3 is 0 Å². The molecule has 0 spiro atoms. The normalized spacial score (nSPS) is 13.6. The Hall–Kier alpha value is -0.610. The lowest BCUT2D eigenvalue weighted by Crippen LogP contribution is -2.22. The molecule has 0 aromatic carbocycles. The summed E-state index contributed by atoms with van der Waals surface area (Å²) in [6.45, 7) is 0. The Bertz CT molecular complexity index is 106. The zero-order chi connectivity index (χ0) is 7.49. The molecule has 9 heavy (non-hydrogen) atoms. The highest BCUT2D eigenvalue weighted by Gasteiger charge is 2.37. The van der Waals surface area contributed by atoms with Gasteiger partial charge in [-0.1, -0.05) is 0 Å². The molecule has 0 aliphatic carbocycles. The molecular formula is C4H3F5. The van der Waals surface area contributed by atoms with Crippen molar-refractivity contribution in [2.45, 2.75) is 12.3 Å². The Balaban J connectivity index is 4.01. The molecule has 0 saturated heterocycles. The lowest BCUT2D eigenvalue weighted by molar-refractivity contribution is -0.0912. The SMILES string of the molecule is FC=CC(F)(F)C(F)F. The number of alkyl halides is 4. The zero-order valence-electron chi connectivity index (χ0n) is 4.12. The van der Waals surface area contributed by atoms with Gasteiger partial charge in [-0.3, -0.25) is 0 Å². The van der Waals surface area contributed by atoms with Gasteiger partial charge in [0.15, 0.2) is 0 Å². The average Bonchev–Trinajstić information content (AvgIpc) is 1.65. The van der Waals surface area contributed by atoms with E-state index in [1.165, 1.54) is 0 Å². The first-order chi connectivity index (χ1) is 4.00. The van der Waals surface area contributed by atoms with Gasteiger partial charge in [0.2, 0.25) is 0 Å². The fraction of sp³-hybridized carbons (Fsp3) is 0.500. The highest BCUT2D eigenvalue weighted by atomic mass is 19.3. The quantitative estimate of drug-likeness (QED) is 0.524. The van der Waals surface area contributed by atoms with Crippen LogP contribution in [0.25, 0.3) is 0 Å². The van der Waals surface area contributed by atoms with Crippen molar-refractivity contribution in [3.05, 3.63) is 12.4 Å². The van der Waals surface area contributed by atoms with Gasteiger partial charge in [-0.05, 0) is 0 Å². The van der Waals surface area contributed by atoms with Crippen LogP contribution < -0.4 is 0 Å². The van der Waals surface area contributed by atoms with Crippen molar-refractivity contribution in [3.63, 3.8) is 0 Å². The highest BCUT2D eigenvalue weighted by Crippen LogP contribution is 2.23. The van der Waals surface area contributed by atoms with Crippen molar-refractivity contribution in [1.82, 2.24) is 0 Å². The lowest BCUT2D eigenvalue weighted by Gasteiger charge is -2.07. The van der Waals surface area contributed by atoms with Crippen molar-refractivity contribution < 1.29 is 22.0 Å². The molecule has 5 heteroatoms. The van der Waals surface area contributed by atoms with Crippen molar-refractivity contribution in [1.29, 1.82) is 0 Å². The van der Waals surface area contributed by atoms with E-state index in [4.69, 9.17) is 0 Å². The minimum atomic E-state index is -4.34. The smallest absolute Gasteiger partial charge is 0.216 e. The predicted octanol–water partition coefficient (Wildman–Crippen LogP) is 2.37. The third-order valence-corrected chi connectivity index (χ3v) is 0.576. The molecular weight excluding hydrogens is 143 g/mol. The van der Waals surface area contributed by atoms with Crippen LogP contribution in [0.2, 0.25) is 0 Å². The number of halogens is 5. The minimum absolute atomic E-state index is 0.488. The van der Waals surface area contributed by atoms with Gasteiger partial charge in [0.25, 0.3) is 0 Å². The molecule has 0 aliphatic heterocycles. The van der Waals surface area contributed by atoms with Gasteiger partial charge in [-0.15, -0.1) is 0 Å². The van der Waals surface area contributed by atoms with Gasteiger partial charge in [0.1, 0.15) is 0 Å². The second kappa shape index (κ2) is 2.80. The Morgan fingerprint density at radius 2 is 1.67 bits per heavy atom. The first-order valence-electron chi connectivity index (χ1n) is 1.94. The second-order valence-corrected chi connectivity index (χ2v) is 1.27. The van der Waals surface area contributed by atoms with E-state index in [0.717, 1.165) is 0 Å². The van der Waals surface area contributed by atoms with Gasteiger partial charge >= 0.3 is 12.3 Å². The van der Waals surface area contributed by atoms with E-state index in [2.05, 4.69) is 0 Å². The van der Waals surface area contributed by atoms with Gasteiger partial charge in [-0.25, -0.2) is 13.2 Å². The van der Waals surface area contributed by atoms with Crippen molar-refractivity contribution >= 4 is 0 Å². The summed E-state index contributed by atoms with van der Waals surface area (Å²) >= 11 is 0. The maximum absolute atomic E-state index is 11.5. The second-order valence-electron chi connectivity index (χ2n) is 1.27. The zero-order valence-corrected chi connectivity index (χ0v) is 4.12. The standard InChI is InChI=1S/C4H3F5/c5-2-1-4(8,9)3(6)7/h1-3H. The molecule has 0 N–H and O–H groups in total. The topological polar surface area (TPSA) is 0 Å². The molecule has 0 nitrogen and oxygen atoms in total. The first kappa shape index (κ1) is 8.39. The monoisotopic (exact) mass is 146 g/mol. The van der Waals surface area contributed by atoms with Crippen molar-refractivity contribution in [3.8, 4) is 0 Å². The number of rotatable bonds is 2. The summed E-state index contributed by atoms with van der Waals surface area (Å²) in [6, 6.07) is 0. The molecule has 0 fully saturated rings. The van der Waals surface area contributed by atoms with E-state index in [0.29, 0.717) is 0 Å². The minimum Gasteiger partial charge on any atom is -0.216 e. The van der Waals surface area contributed by atoms with Crippen LogP contribution in [0.5, 0.6) is 0 Å². The van der Waals surface area contributed by atoms with Crippen LogP contribution in [-0.4, -0.2) is 12.3 Å². The van der Waals surface area contributed by atoms with Crippen LogP contribution in [0.3, 0.4) is 0 Å². The summed E-state index contributed by atoms with van der Waals surface area (Å²) in [5.41, 5.74) is 0. The van der Waals surface area contributed by atoms with E-state index in [1.807, 2.05) is 0 Å². The molecule has 0 amide bonds. The van der Waals surface area contributed by atoms with Gasteiger partial charge in [0.05, 0.1) is 6.33 Å². The van der Waals surface area contributed by atoms with E-state index >= 15 is 0 Å². The summed E-state index contributed by atoms with van der Waals surface area (Å²) in [5.74, 6) is -4.34. The third kappa shape index (κ3) is 2.43. The molecule has 0 unspecified atom stereocenters. The van der Waals surface area contributed by atoms with E-state index in [-0.39, 0.29) is 0 Å². The van der Waals surface area contributed by atoms with Crippen LogP contribution >= 0.6 is 0 Å². The molecule has 0 bridgehead atoms. The lowest BCUT2D eigenvalue weighted by atomic mass is 10.3.